The SMILES string of the molecule is CC(=O)N1CC2C(C1)C2C(C)(C)C. The van der Waals surface area contributed by atoms with Gasteiger partial charge in [-0.3, -0.25) is 4.79 Å². The second kappa shape index (κ2) is 2.49. The van der Waals surface area contributed by atoms with Crippen LogP contribution < -0.4 is 0 Å². The van der Waals surface area contributed by atoms with Crippen molar-refractivity contribution in [2.75, 3.05) is 13.1 Å². The monoisotopic (exact) mass is 181 g/mol. The van der Waals surface area contributed by atoms with Crippen molar-refractivity contribution in [3.63, 3.8) is 0 Å². The first kappa shape index (κ1) is 9.04. The topological polar surface area (TPSA) is 20.3 Å². The lowest BCUT2D eigenvalue weighted by Crippen LogP contribution is -2.31. The van der Waals surface area contributed by atoms with Crippen LogP contribution in [0, 0.1) is 23.2 Å². The van der Waals surface area contributed by atoms with Crippen LogP contribution in [0.3, 0.4) is 0 Å². The zero-order chi connectivity index (χ0) is 9.80. The third-order valence-electron chi connectivity index (χ3n) is 3.64. The molecule has 0 spiro atoms. The van der Waals surface area contributed by atoms with E-state index < -0.39 is 0 Å². The molecule has 74 valence electrons. The van der Waals surface area contributed by atoms with E-state index in [0.29, 0.717) is 5.41 Å². The van der Waals surface area contributed by atoms with Gasteiger partial charge in [0.2, 0.25) is 5.91 Å². The first-order chi connectivity index (χ1) is 5.91. The summed E-state index contributed by atoms with van der Waals surface area (Å²) in [4.78, 5) is 13.1. The molecule has 2 heteroatoms. The molecule has 1 aliphatic carbocycles. The van der Waals surface area contributed by atoms with Crippen LogP contribution in [0.1, 0.15) is 27.7 Å². The summed E-state index contributed by atoms with van der Waals surface area (Å²) < 4.78 is 0. The van der Waals surface area contributed by atoms with Crippen LogP contribution in [-0.4, -0.2) is 23.9 Å². The number of likely N-dealkylation sites (tertiary alicyclic amines) is 1. The van der Waals surface area contributed by atoms with Gasteiger partial charge in [0, 0.05) is 20.0 Å². The standard InChI is InChI=1S/C11H19NO/c1-7(13)12-5-8-9(6-12)10(8)11(2,3)4/h8-10H,5-6H2,1-4H3. The number of piperidine rings is 1. The molecular weight excluding hydrogens is 162 g/mol. The summed E-state index contributed by atoms with van der Waals surface area (Å²) in [6.07, 6.45) is 0. The van der Waals surface area contributed by atoms with Crippen LogP contribution in [-0.2, 0) is 4.79 Å². The molecule has 0 aromatic heterocycles. The Morgan fingerprint density at radius 2 is 1.69 bits per heavy atom. The van der Waals surface area contributed by atoms with Gasteiger partial charge in [-0.1, -0.05) is 20.8 Å². The van der Waals surface area contributed by atoms with E-state index in [9.17, 15) is 4.79 Å². The number of fused-ring (bicyclic) bond motifs is 1. The number of nitrogens with zero attached hydrogens (tertiary/aromatic N) is 1. The number of amides is 1. The summed E-state index contributed by atoms with van der Waals surface area (Å²) in [5.74, 6) is 2.73. The fraction of sp³-hybridized carbons (Fsp3) is 0.909. The van der Waals surface area contributed by atoms with Crippen LogP contribution in [0.25, 0.3) is 0 Å². The molecule has 0 aromatic carbocycles. The lowest BCUT2D eigenvalue weighted by molar-refractivity contribution is -0.128. The Hall–Kier alpha value is -0.530. The molecule has 0 radical (unpaired) electrons. The summed E-state index contributed by atoms with van der Waals surface area (Å²) in [6.45, 7) is 10.6. The summed E-state index contributed by atoms with van der Waals surface area (Å²) in [5.41, 5.74) is 0.443. The molecule has 1 saturated carbocycles. The Morgan fingerprint density at radius 1 is 1.23 bits per heavy atom. The molecule has 13 heavy (non-hydrogen) atoms. The highest BCUT2D eigenvalue weighted by atomic mass is 16.2. The maximum atomic E-state index is 11.1. The number of carbonyl (C=O) groups is 1. The zero-order valence-corrected chi connectivity index (χ0v) is 9.00. The summed E-state index contributed by atoms with van der Waals surface area (Å²) in [7, 11) is 0. The Bertz CT molecular complexity index is 229. The fourth-order valence-electron chi connectivity index (χ4n) is 3.07. The molecule has 0 bridgehead atoms. The average Bonchev–Trinajstić information content (AvgIpc) is 2.48. The lowest BCUT2D eigenvalue weighted by Gasteiger charge is -2.25. The normalized spacial score (nSPS) is 37.5. The molecule has 2 aliphatic rings. The second-order valence-electron chi connectivity index (χ2n) is 5.64. The molecule has 2 fully saturated rings. The number of carbonyl (C=O) groups excluding carboxylic acids is 1. The van der Waals surface area contributed by atoms with E-state index in [0.717, 1.165) is 30.8 Å². The van der Waals surface area contributed by atoms with Gasteiger partial charge in [0.1, 0.15) is 0 Å². The van der Waals surface area contributed by atoms with Crippen molar-refractivity contribution < 1.29 is 4.79 Å². The molecule has 2 unspecified atom stereocenters. The van der Waals surface area contributed by atoms with Crippen molar-refractivity contribution in [1.29, 1.82) is 0 Å². The van der Waals surface area contributed by atoms with Crippen LogP contribution in [0.4, 0.5) is 0 Å². The van der Waals surface area contributed by atoms with Crippen molar-refractivity contribution in [1.82, 2.24) is 4.90 Å². The minimum atomic E-state index is 0.250. The summed E-state index contributed by atoms with van der Waals surface area (Å²) in [6, 6.07) is 0. The van der Waals surface area contributed by atoms with Crippen molar-refractivity contribution in [3.05, 3.63) is 0 Å². The molecular formula is C11H19NO. The van der Waals surface area contributed by atoms with Crippen molar-refractivity contribution in [2.24, 2.45) is 23.2 Å². The molecule has 0 aromatic rings. The highest BCUT2D eigenvalue weighted by Gasteiger charge is 2.60. The Balaban J connectivity index is 1.94. The molecule has 1 aliphatic heterocycles. The van der Waals surface area contributed by atoms with Gasteiger partial charge >= 0.3 is 0 Å². The predicted molar refractivity (Wildman–Crippen MR) is 52.2 cm³/mol. The van der Waals surface area contributed by atoms with E-state index >= 15 is 0 Å². The number of rotatable bonds is 0. The molecule has 2 nitrogen and oxygen atoms in total. The van der Waals surface area contributed by atoms with Crippen LogP contribution in [0.15, 0.2) is 0 Å². The number of hydrogen-bond donors (Lipinski definition) is 0. The number of hydrogen-bond acceptors (Lipinski definition) is 1. The highest BCUT2D eigenvalue weighted by molar-refractivity contribution is 5.73. The summed E-state index contributed by atoms with van der Waals surface area (Å²) >= 11 is 0. The Labute approximate surface area is 80.3 Å². The molecule has 1 heterocycles. The second-order valence-corrected chi connectivity index (χ2v) is 5.64. The Kier molecular flexibility index (Phi) is 1.73. The third-order valence-corrected chi connectivity index (χ3v) is 3.64. The summed E-state index contributed by atoms with van der Waals surface area (Å²) in [5, 5.41) is 0. The van der Waals surface area contributed by atoms with Gasteiger partial charge in [0.05, 0.1) is 0 Å². The minimum Gasteiger partial charge on any atom is -0.342 e. The van der Waals surface area contributed by atoms with E-state index in [2.05, 4.69) is 20.8 Å². The van der Waals surface area contributed by atoms with Crippen LogP contribution in [0.2, 0.25) is 0 Å². The fourth-order valence-corrected chi connectivity index (χ4v) is 3.07. The first-order valence-electron chi connectivity index (χ1n) is 5.17. The Morgan fingerprint density at radius 3 is 2.00 bits per heavy atom. The van der Waals surface area contributed by atoms with E-state index in [1.54, 1.807) is 6.92 Å². The molecule has 2 atom stereocenters. The van der Waals surface area contributed by atoms with Crippen molar-refractivity contribution in [2.45, 2.75) is 27.7 Å². The largest absolute Gasteiger partial charge is 0.342 e. The van der Waals surface area contributed by atoms with Crippen molar-refractivity contribution in [3.8, 4) is 0 Å². The van der Waals surface area contributed by atoms with E-state index in [-0.39, 0.29) is 5.91 Å². The van der Waals surface area contributed by atoms with Gasteiger partial charge < -0.3 is 4.90 Å². The molecule has 1 amide bonds. The highest BCUT2D eigenvalue weighted by Crippen LogP contribution is 2.59. The maximum absolute atomic E-state index is 11.1. The molecule has 2 rings (SSSR count). The predicted octanol–water partition coefficient (Wildman–Crippen LogP) is 1.76. The molecule has 1 saturated heterocycles. The van der Waals surface area contributed by atoms with Crippen LogP contribution in [0.5, 0.6) is 0 Å². The maximum Gasteiger partial charge on any atom is 0.219 e. The first-order valence-corrected chi connectivity index (χ1v) is 5.17. The van der Waals surface area contributed by atoms with Gasteiger partial charge in [-0.05, 0) is 23.2 Å². The average molecular weight is 181 g/mol. The van der Waals surface area contributed by atoms with Gasteiger partial charge in [-0.15, -0.1) is 0 Å². The van der Waals surface area contributed by atoms with Gasteiger partial charge in [0.25, 0.3) is 0 Å². The van der Waals surface area contributed by atoms with Crippen molar-refractivity contribution >= 4 is 5.91 Å². The smallest absolute Gasteiger partial charge is 0.219 e. The zero-order valence-electron chi connectivity index (χ0n) is 9.00. The van der Waals surface area contributed by atoms with Crippen LogP contribution >= 0.6 is 0 Å². The quantitative estimate of drug-likeness (QED) is 0.557. The third kappa shape index (κ3) is 1.36. The van der Waals surface area contributed by atoms with E-state index in [1.807, 2.05) is 4.90 Å². The van der Waals surface area contributed by atoms with Gasteiger partial charge in [0.15, 0.2) is 0 Å². The minimum absolute atomic E-state index is 0.250. The van der Waals surface area contributed by atoms with E-state index in [1.165, 1.54) is 0 Å². The van der Waals surface area contributed by atoms with Gasteiger partial charge in [-0.2, -0.15) is 0 Å². The molecule has 0 N–H and O–H groups in total. The lowest BCUT2D eigenvalue weighted by atomic mass is 9.87. The van der Waals surface area contributed by atoms with E-state index in [4.69, 9.17) is 0 Å². The van der Waals surface area contributed by atoms with Gasteiger partial charge in [-0.25, -0.2) is 0 Å².